The Morgan fingerprint density at radius 3 is 2.29 bits per heavy atom. The fourth-order valence-electron chi connectivity index (χ4n) is 3.72. The molecule has 0 bridgehead atoms. The normalized spacial score (nSPS) is 21.5. The molecule has 2 N–H and O–H groups in total. The van der Waals surface area contributed by atoms with Crippen molar-refractivity contribution < 1.29 is 4.79 Å². The van der Waals surface area contributed by atoms with Gasteiger partial charge in [-0.25, -0.2) is 0 Å². The van der Waals surface area contributed by atoms with E-state index in [-0.39, 0.29) is 30.7 Å². The predicted molar refractivity (Wildman–Crippen MR) is 104 cm³/mol. The Hall–Kier alpha value is -0.970. The van der Waals surface area contributed by atoms with Crippen molar-refractivity contribution in [1.82, 2.24) is 9.80 Å². The number of nitrogen functional groups attached to an aromatic ring is 1. The first-order valence-corrected chi connectivity index (χ1v) is 8.58. The van der Waals surface area contributed by atoms with Crippen LogP contribution in [0.25, 0.3) is 0 Å². The molecule has 2 heterocycles. The Morgan fingerprint density at radius 1 is 0.958 bits per heavy atom. The summed E-state index contributed by atoms with van der Waals surface area (Å²) < 4.78 is 0. The highest BCUT2D eigenvalue weighted by atomic mass is 35.5. The van der Waals surface area contributed by atoms with Crippen molar-refractivity contribution in [3.8, 4) is 0 Å². The zero-order valence-corrected chi connectivity index (χ0v) is 15.8. The van der Waals surface area contributed by atoms with Crippen molar-refractivity contribution >= 4 is 36.4 Å². The van der Waals surface area contributed by atoms with Crippen molar-refractivity contribution in [3.05, 3.63) is 29.8 Å². The van der Waals surface area contributed by atoms with Crippen LogP contribution in [-0.2, 0) is 11.2 Å². The number of hydrogen-bond donors (Lipinski definition) is 1. The minimum atomic E-state index is 0. The van der Waals surface area contributed by atoms with Crippen LogP contribution in [0.1, 0.15) is 37.7 Å². The van der Waals surface area contributed by atoms with Crippen LogP contribution in [0.2, 0.25) is 0 Å². The van der Waals surface area contributed by atoms with E-state index in [0.717, 1.165) is 37.2 Å². The topological polar surface area (TPSA) is 49.6 Å². The van der Waals surface area contributed by atoms with Crippen LogP contribution in [0.3, 0.4) is 0 Å². The summed E-state index contributed by atoms with van der Waals surface area (Å²) in [6.07, 6.45) is 6.69. The number of rotatable bonds is 3. The molecule has 0 aromatic heterocycles. The van der Waals surface area contributed by atoms with E-state index in [1.54, 1.807) is 0 Å². The first-order chi connectivity index (χ1) is 10.7. The van der Waals surface area contributed by atoms with E-state index in [0.29, 0.717) is 12.5 Å². The molecule has 4 nitrogen and oxygen atoms in total. The van der Waals surface area contributed by atoms with Gasteiger partial charge in [0.15, 0.2) is 0 Å². The van der Waals surface area contributed by atoms with E-state index < -0.39 is 0 Å². The summed E-state index contributed by atoms with van der Waals surface area (Å²) in [5.41, 5.74) is 7.50. The number of likely N-dealkylation sites (tertiary alicyclic amines) is 2. The van der Waals surface area contributed by atoms with Crippen LogP contribution in [-0.4, -0.2) is 47.9 Å². The Kier molecular flexibility index (Phi) is 8.88. The molecule has 0 aliphatic carbocycles. The first kappa shape index (κ1) is 21.1. The maximum atomic E-state index is 12.5. The Labute approximate surface area is 157 Å². The summed E-state index contributed by atoms with van der Waals surface area (Å²) in [4.78, 5) is 17.2. The third-order valence-electron chi connectivity index (χ3n) is 5.04. The molecule has 136 valence electrons. The van der Waals surface area contributed by atoms with E-state index in [4.69, 9.17) is 5.73 Å². The third kappa shape index (κ3) is 5.54. The van der Waals surface area contributed by atoms with E-state index >= 15 is 0 Å². The van der Waals surface area contributed by atoms with E-state index in [9.17, 15) is 4.79 Å². The zero-order valence-electron chi connectivity index (χ0n) is 14.2. The van der Waals surface area contributed by atoms with Gasteiger partial charge in [-0.05, 0) is 62.9 Å². The summed E-state index contributed by atoms with van der Waals surface area (Å²) in [5, 5.41) is 0. The molecule has 24 heavy (non-hydrogen) atoms. The Morgan fingerprint density at radius 2 is 1.62 bits per heavy atom. The molecule has 2 aliphatic rings. The average molecular weight is 374 g/mol. The van der Waals surface area contributed by atoms with Gasteiger partial charge in [-0.3, -0.25) is 4.79 Å². The second-order valence-electron chi connectivity index (χ2n) is 6.63. The number of nitrogens with zero attached hydrogens (tertiary/aromatic N) is 2. The van der Waals surface area contributed by atoms with Gasteiger partial charge in [0.2, 0.25) is 5.91 Å². The zero-order chi connectivity index (χ0) is 15.4. The highest BCUT2D eigenvalue weighted by Gasteiger charge is 2.26. The molecular weight excluding hydrogens is 345 g/mol. The molecule has 6 heteroatoms. The number of nitrogens with two attached hydrogens (primary N) is 1. The molecule has 1 amide bonds. The Bertz CT molecular complexity index is 503. The maximum Gasteiger partial charge on any atom is 0.226 e. The lowest BCUT2D eigenvalue weighted by atomic mass is 10.1. The smallest absolute Gasteiger partial charge is 0.226 e. The molecule has 3 rings (SSSR count). The van der Waals surface area contributed by atoms with Gasteiger partial charge < -0.3 is 15.5 Å². The van der Waals surface area contributed by atoms with Gasteiger partial charge in [-0.2, -0.15) is 0 Å². The van der Waals surface area contributed by atoms with E-state index in [1.165, 1.54) is 32.4 Å². The van der Waals surface area contributed by atoms with Gasteiger partial charge in [-0.1, -0.05) is 12.1 Å². The number of carbonyl (C=O) groups is 1. The summed E-state index contributed by atoms with van der Waals surface area (Å²) >= 11 is 0. The van der Waals surface area contributed by atoms with Crippen molar-refractivity contribution in [1.29, 1.82) is 0 Å². The molecule has 1 aromatic carbocycles. The fourth-order valence-corrected chi connectivity index (χ4v) is 3.72. The summed E-state index contributed by atoms with van der Waals surface area (Å²) in [5.74, 6) is 0.256. The van der Waals surface area contributed by atoms with Gasteiger partial charge in [0.05, 0.1) is 6.42 Å². The minimum absolute atomic E-state index is 0. The summed E-state index contributed by atoms with van der Waals surface area (Å²) in [6, 6.07) is 8.34. The Balaban J connectivity index is 0.00000144. The first-order valence-electron chi connectivity index (χ1n) is 8.58. The molecule has 2 aliphatic heterocycles. The van der Waals surface area contributed by atoms with Crippen LogP contribution in [0.15, 0.2) is 24.3 Å². The number of halogens is 2. The molecule has 0 radical (unpaired) electrons. The summed E-state index contributed by atoms with van der Waals surface area (Å²) in [7, 11) is 0. The molecule has 2 fully saturated rings. The molecule has 0 saturated carbocycles. The van der Waals surface area contributed by atoms with Crippen molar-refractivity contribution in [2.24, 2.45) is 0 Å². The monoisotopic (exact) mass is 373 g/mol. The molecule has 1 aromatic rings. The van der Waals surface area contributed by atoms with Crippen LogP contribution < -0.4 is 5.73 Å². The van der Waals surface area contributed by atoms with E-state index in [2.05, 4.69) is 9.80 Å². The van der Waals surface area contributed by atoms with Crippen LogP contribution in [0, 0.1) is 0 Å². The molecule has 1 atom stereocenters. The lowest BCUT2D eigenvalue weighted by Gasteiger charge is -2.26. The molecule has 1 unspecified atom stereocenters. The number of carbonyl (C=O) groups excluding carboxylic acids is 1. The molecule has 2 saturated heterocycles. The van der Waals surface area contributed by atoms with Crippen molar-refractivity contribution in [2.75, 3.05) is 31.9 Å². The number of benzene rings is 1. The largest absolute Gasteiger partial charge is 0.399 e. The maximum absolute atomic E-state index is 12.5. The van der Waals surface area contributed by atoms with Crippen LogP contribution in [0.5, 0.6) is 0 Å². The van der Waals surface area contributed by atoms with Crippen LogP contribution >= 0.6 is 24.8 Å². The SMILES string of the molecule is Cl.Cl.Nc1ccc(CC(=O)N2CCCC(N3CCCC3)CC2)cc1. The summed E-state index contributed by atoms with van der Waals surface area (Å²) in [6.45, 7) is 4.33. The van der Waals surface area contributed by atoms with Gasteiger partial charge in [0.1, 0.15) is 0 Å². The highest BCUT2D eigenvalue weighted by Crippen LogP contribution is 2.21. The average Bonchev–Trinajstić information content (AvgIpc) is 2.94. The molecule has 0 spiro atoms. The number of amides is 1. The second kappa shape index (κ2) is 10.1. The van der Waals surface area contributed by atoms with Gasteiger partial charge in [0, 0.05) is 24.8 Å². The fraction of sp³-hybridized carbons (Fsp3) is 0.611. The lowest BCUT2D eigenvalue weighted by Crippen LogP contribution is -2.36. The third-order valence-corrected chi connectivity index (χ3v) is 5.04. The van der Waals surface area contributed by atoms with Crippen molar-refractivity contribution in [2.45, 2.75) is 44.6 Å². The highest BCUT2D eigenvalue weighted by molar-refractivity contribution is 5.85. The minimum Gasteiger partial charge on any atom is -0.399 e. The standard InChI is InChI=1S/C18H27N3O.2ClH/c19-16-7-5-15(6-8-16)14-18(22)21-12-3-4-17(9-13-21)20-10-1-2-11-20;;/h5-8,17H,1-4,9-14,19H2;2*1H. The van der Waals surface area contributed by atoms with E-state index in [1.807, 2.05) is 24.3 Å². The molecular formula is C18H29Cl2N3O. The quantitative estimate of drug-likeness (QED) is 0.827. The second-order valence-corrected chi connectivity index (χ2v) is 6.63. The van der Waals surface area contributed by atoms with Gasteiger partial charge in [-0.15, -0.1) is 24.8 Å². The van der Waals surface area contributed by atoms with Crippen molar-refractivity contribution in [3.63, 3.8) is 0 Å². The van der Waals surface area contributed by atoms with Crippen LogP contribution in [0.4, 0.5) is 5.69 Å². The number of hydrogen-bond acceptors (Lipinski definition) is 3. The lowest BCUT2D eigenvalue weighted by molar-refractivity contribution is -0.130. The predicted octanol–water partition coefficient (Wildman–Crippen LogP) is 3.13. The van der Waals surface area contributed by atoms with Gasteiger partial charge >= 0.3 is 0 Å². The van der Waals surface area contributed by atoms with Gasteiger partial charge in [0.25, 0.3) is 0 Å². The number of anilines is 1.